The number of hydroxylamine groups is 2. The van der Waals surface area contributed by atoms with Gasteiger partial charge in [-0.1, -0.05) is 41.8 Å². The van der Waals surface area contributed by atoms with Gasteiger partial charge in [-0.15, -0.1) is 10.2 Å². The number of benzene rings is 4. The van der Waals surface area contributed by atoms with Crippen LogP contribution < -0.4 is 10.2 Å². The number of nitro benzene ring substituents is 1. The van der Waals surface area contributed by atoms with E-state index >= 15 is 0 Å². The van der Waals surface area contributed by atoms with E-state index in [1.165, 1.54) is 24.3 Å². The molecular weight excluding hydrogens is 809 g/mol. The third kappa shape index (κ3) is 9.64. The number of nitro groups is 1. The first-order valence-electron chi connectivity index (χ1n) is 14.5. The van der Waals surface area contributed by atoms with Gasteiger partial charge in [-0.05, 0) is 59.5 Å². The van der Waals surface area contributed by atoms with Gasteiger partial charge in [0.15, 0.2) is 0 Å². The summed E-state index contributed by atoms with van der Waals surface area (Å²) < 4.78 is 66.7. The number of carbonyl (C=O) groups is 2. The van der Waals surface area contributed by atoms with E-state index < -0.39 is 74.6 Å². The number of azo groups is 1. The first-order valence-corrected chi connectivity index (χ1v) is 17.3. The van der Waals surface area contributed by atoms with Crippen LogP contribution >= 0.6 is 0 Å². The average molecular weight is 826 g/mol. The van der Waals surface area contributed by atoms with Crippen molar-refractivity contribution in [2.75, 3.05) is 0 Å². The molecule has 0 aliphatic heterocycles. The van der Waals surface area contributed by atoms with Gasteiger partial charge in [0, 0.05) is 34.9 Å². The molecule has 55 heavy (non-hydrogen) atoms. The van der Waals surface area contributed by atoms with E-state index in [-0.39, 0.29) is 63.5 Å². The van der Waals surface area contributed by atoms with Crippen LogP contribution in [0.4, 0.5) is 17.1 Å². The molecule has 23 heteroatoms. The Bertz CT molecular complexity index is 2700. The molecule has 1 radical (unpaired) electrons. The number of carbonyl (C=O) groups excluding carboxylic acids is 2. The zero-order chi connectivity index (χ0) is 39.5. The number of ketones is 2. The number of non-ortho nitro benzene ring substituents is 1. The normalized spacial score (nSPS) is 15.4. The Morgan fingerprint density at radius 2 is 1.38 bits per heavy atom. The topological polar surface area (TPSA) is 337 Å². The Kier molecular flexibility index (Phi) is 12.4. The largest absolute Gasteiger partial charge is 3.00 e. The maximum Gasteiger partial charge on any atom is 3.00 e. The minimum atomic E-state index is -4.67. The quantitative estimate of drug-likeness (QED) is 0.0850. The van der Waals surface area contributed by atoms with Crippen molar-refractivity contribution in [3.63, 3.8) is 0 Å². The van der Waals surface area contributed by atoms with E-state index in [0.717, 1.165) is 72.8 Å². The molecule has 0 amide bonds. The van der Waals surface area contributed by atoms with Gasteiger partial charge in [-0.3, -0.25) is 19.7 Å². The second-order valence-corrected chi connectivity index (χ2v) is 13.5. The van der Waals surface area contributed by atoms with Crippen molar-refractivity contribution in [2.45, 2.75) is 9.79 Å². The molecule has 0 heterocycles. The van der Waals surface area contributed by atoms with E-state index in [1.807, 2.05) is 0 Å². The second kappa shape index (κ2) is 16.4. The molecular formula is C32H17CrN6O14S2-2. The number of fused-ring (bicyclic) bond motifs is 2. The first-order chi connectivity index (χ1) is 25.3. The molecule has 4 aromatic carbocycles. The van der Waals surface area contributed by atoms with Crippen LogP contribution in [0.5, 0.6) is 11.5 Å². The van der Waals surface area contributed by atoms with Crippen LogP contribution in [-0.2, 0) is 47.2 Å². The van der Waals surface area contributed by atoms with Crippen molar-refractivity contribution in [2.24, 2.45) is 20.4 Å². The standard InChI is InChI=1S/C16H11N3O7S.C16H9N3O7S.Cr/c2*20-14-6-1-9-7-11(27(24,25)26)3-4-12(9)16(14)18-17-13-5-2-10(19(22)23)8-15(13)21;/h1-8,20-21H,(H,24,25,26);1-8H,(H,24,25,26);/q;-2;+3/p-3. The Labute approximate surface area is 320 Å². The summed E-state index contributed by atoms with van der Waals surface area (Å²) in [5, 5.41) is 70.4. The summed E-state index contributed by atoms with van der Waals surface area (Å²) in [6, 6.07) is 12.1. The van der Waals surface area contributed by atoms with Gasteiger partial charge in [-0.2, -0.15) is 10.2 Å². The van der Waals surface area contributed by atoms with Crippen LogP contribution in [0.2, 0.25) is 0 Å². The van der Waals surface area contributed by atoms with E-state index in [9.17, 15) is 66.3 Å². The number of rotatable bonds is 7. The van der Waals surface area contributed by atoms with Crippen LogP contribution in [0.25, 0.3) is 16.8 Å². The summed E-state index contributed by atoms with van der Waals surface area (Å²) in [5.41, 5.74) is -1.06. The Morgan fingerprint density at radius 1 is 0.709 bits per heavy atom. The molecule has 0 unspecified atom stereocenters. The van der Waals surface area contributed by atoms with Crippen molar-refractivity contribution in [3.8, 4) is 11.5 Å². The van der Waals surface area contributed by atoms with Gasteiger partial charge >= 0.3 is 18.8 Å². The molecule has 0 aromatic heterocycles. The third-order valence-corrected chi connectivity index (χ3v) is 8.92. The number of nitrogens with zero attached hydrogens (tertiary/aromatic N) is 6. The van der Waals surface area contributed by atoms with Crippen molar-refractivity contribution in [1.82, 2.24) is 5.23 Å². The summed E-state index contributed by atoms with van der Waals surface area (Å²) in [6.45, 7) is 0. The molecule has 279 valence electrons. The van der Waals surface area contributed by atoms with Gasteiger partial charge in [-0.25, -0.2) is 16.8 Å². The summed E-state index contributed by atoms with van der Waals surface area (Å²) in [4.78, 5) is 32.9. The first kappa shape index (κ1) is 41.5. The Hall–Kier alpha value is -6.29. The Morgan fingerprint density at radius 3 is 2.00 bits per heavy atom. The van der Waals surface area contributed by atoms with Crippen molar-refractivity contribution in [3.05, 3.63) is 128 Å². The fourth-order valence-electron chi connectivity index (χ4n) is 4.67. The number of hydrogen-bond acceptors (Lipinski definition) is 19. The fraction of sp³-hybridized carbons (Fsp3) is 0. The zero-order valence-electron chi connectivity index (χ0n) is 27.9. The van der Waals surface area contributed by atoms with Gasteiger partial charge in [0.25, 0.3) is 5.69 Å². The number of hydrogen-bond donors (Lipinski definition) is 0. The predicted molar refractivity (Wildman–Crippen MR) is 182 cm³/mol. The van der Waals surface area contributed by atoms with Crippen LogP contribution in [-0.4, -0.2) is 59.1 Å². The van der Waals surface area contributed by atoms with Crippen molar-refractivity contribution < 1.29 is 69.5 Å². The van der Waals surface area contributed by atoms with Gasteiger partial charge < -0.3 is 35.0 Å². The molecule has 4 aromatic rings. The average Bonchev–Trinajstić information content (AvgIpc) is 3.10. The smallest absolute Gasteiger partial charge is 0.871 e. The molecule has 0 spiro atoms. The van der Waals surface area contributed by atoms with E-state index in [2.05, 4.69) is 20.4 Å². The maximum absolute atomic E-state index is 12.1. The summed E-state index contributed by atoms with van der Waals surface area (Å²) >= 11 is 0. The van der Waals surface area contributed by atoms with E-state index in [4.69, 9.17) is 0 Å². The molecule has 20 nitrogen and oxygen atoms in total. The molecule has 2 aliphatic carbocycles. The van der Waals surface area contributed by atoms with Crippen LogP contribution in [0.15, 0.2) is 127 Å². The fourth-order valence-corrected chi connectivity index (χ4v) is 5.68. The molecule has 6 rings (SSSR count). The number of allylic oxidation sites excluding steroid dienone is 4. The van der Waals surface area contributed by atoms with E-state index in [1.54, 1.807) is 0 Å². The van der Waals surface area contributed by atoms with Gasteiger partial charge in [0.2, 0.25) is 11.6 Å². The molecule has 0 atom stereocenters. The van der Waals surface area contributed by atoms with Crippen molar-refractivity contribution in [1.29, 1.82) is 0 Å². The van der Waals surface area contributed by atoms with Crippen LogP contribution in [0, 0.1) is 20.5 Å². The SMILES string of the molecule is O=C1C=C(N([O-])[O-])C=CC1=NN=C1C(=O)C=Cc2cc(S(=O)(=O)[O-])ccc21.O=[N+]([O-])c1ccc(N=Nc2c([O-])ccc3cc(S(=O)(=O)[O-])ccc23)c([O-])c1.[Cr+3].[H+]. The summed E-state index contributed by atoms with van der Waals surface area (Å²) in [7, 11) is -9.34. The maximum atomic E-state index is 12.1. The minimum Gasteiger partial charge on any atom is -0.871 e. The third-order valence-electron chi connectivity index (χ3n) is 7.25. The molecule has 0 saturated heterocycles. The molecule has 0 saturated carbocycles. The molecule has 0 bridgehead atoms. The van der Waals surface area contributed by atoms with Crippen molar-refractivity contribution >= 4 is 77.1 Å². The van der Waals surface area contributed by atoms with Gasteiger partial charge in [0.05, 0.1) is 26.1 Å². The summed E-state index contributed by atoms with van der Waals surface area (Å²) in [5.74, 6) is -2.59. The molecule has 0 N–H and O–H groups in total. The van der Waals surface area contributed by atoms with E-state index in [0.29, 0.717) is 0 Å². The molecule has 0 fully saturated rings. The second-order valence-electron chi connectivity index (χ2n) is 10.7. The van der Waals surface area contributed by atoms with Crippen LogP contribution in [0.1, 0.15) is 12.6 Å². The minimum absolute atomic E-state index is 0. The monoisotopic (exact) mass is 825 g/mol. The zero-order valence-corrected chi connectivity index (χ0v) is 29.8. The predicted octanol–water partition coefficient (Wildman–Crippen LogP) is 2.98. The summed E-state index contributed by atoms with van der Waals surface area (Å²) in [6.07, 6.45) is 5.40. The molecule has 2 aliphatic rings. The van der Waals surface area contributed by atoms with Crippen LogP contribution in [0.3, 0.4) is 0 Å². The van der Waals surface area contributed by atoms with Gasteiger partial charge in [0.1, 0.15) is 31.7 Å². The Balaban J connectivity index is 0.000000290.